The summed E-state index contributed by atoms with van der Waals surface area (Å²) in [5, 5.41) is 9.18. The average Bonchev–Trinajstić information content (AvgIpc) is 2.12. The Balaban J connectivity index is 2.74. The van der Waals surface area contributed by atoms with E-state index in [0.29, 0.717) is 5.92 Å². The predicted molar refractivity (Wildman–Crippen MR) is 59.5 cm³/mol. The van der Waals surface area contributed by atoms with E-state index in [9.17, 15) is 9.90 Å². The number of rotatable bonds is 3. The molecular weight excluding hydrogens is 192 g/mol. The van der Waals surface area contributed by atoms with Gasteiger partial charge in [-0.3, -0.25) is 9.69 Å². The molecule has 1 aliphatic heterocycles. The Labute approximate surface area is 91.9 Å². The fourth-order valence-electron chi connectivity index (χ4n) is 2.12. The number of likely N-dealkylation sites (N-methyl/N-ethyl adjacent to an activating group) is 1. The Kier molecular flexibility index (Phi) is 4.11. The summed E-state index contributed by atoms with van der Waals surface area (Å²) < 4.78 is 0. The Morgan fingerprint density at radius 3 is 2.60 bits per heavy atom. The minimum Gasteiger partial charge on any atom is -0.394 e. The van der Waals surface area contributed by atoms with E-state index in [4.69, 9.17) is 0 Å². The van der Waals surface area contributed by atoms with E-state index < -0.39 is 0 Å². The van der Waals surface area contributed by atoms with Crippen molar-refractivity contribution in [1.82, 2.24) is 9.80 Å². The van der Waals surface area contributed by atoms with Crippen molar-refractivity contribution in [3.8, 4) is 0 Å². The molecule has 4 nitrogen and oxygen atoms in total. The zero-order chi connectivity index (χ0) is 11.6. The molecule has 4 heteroatoms. The van der Waals surface area contributed by atoms with Crippen molar-refractivity contribution in [3.05, 3.63) is 0 Å². The molecule has 2 unspecified atom stereocenters. The average molecular weight is 214 g/mol. The van der Waals surface area contributed by atoms with Gasteiger partial charge in [0.15, 0.2) is 0 Å². The lowest BCUT2D eigenvalue weighted by atomic mass is 10.1. The van der Waals surface area contributed by atoms with Crippen LogP contribution in [0.2, 0.25) is 0 Å². The summed E-state index contributed by atoms with van der Waals surface area (Å²) >= 11 is 0. The van der Waals surface area contributed by atoms with Crippen LogP contribution in [0.4, 0.5) is 0 Å². The number of aliphatic hydroxyl groups excluding tert-OH is 1. The molecule has 1 N–H and O–H groups in total. The van der Waals surface area contributed by atoms with Crippen LogP contribution in [0.15, 0.2) is 0 Å². The Bertz CT molecular complexity index is 231. The van der Waals surface area contributed by atoms with Crippen LogP contribution >= 0.6 is 0 Å². The summed E-state index contributed by atoms with van der Waals surface area (Å²) in [6.45, 7) is 7.80. The number of carbonyl (C=O) groups excluding carboxylic acids is 1. The summed E-state index contributed by atoms with van der Waals surface area (Å²) in [5.74, 6) is 0.534. The summed E-state index contributed by atoms with van der Waals surface area (Å²) in [4.78, 5) is 15.9. The number of carbonyl (C=O) groups is 1. The topological polar surface area (TPSA) is 43.8 Å². The van der Waals surface area contributed by atoms with Crippen molar-refractivity contribution < 1.29 is 9.90 Å². The molecule has 0 aromatic carbocycles. The van der Waals surface area contributed by atoms with E-state index >= 15 is 0 Å². The number of nitrogens with zero attached hydrogens (tertiary/aromatic N) is 2. The van der Waals surface area contributed by atoms with Gasteiger partial charge in [-0.1, -0.05) is 13.8 Å². The molecule has 88 valence electrons. The fourth-order valence-corrected chi connectivity index (χ4v) is 2.12. The Hall–Kier alpha value is -0.610. The first-order chi connectivity index (χ1) is 6.97. The Morgan fingerprint density at radius 2 is 2.13 bits per heavy atom. The maximum atomic E-state index is 12.0. The lowest BCUT2D eigenvalue weighted by molar-refractivity contribution is -0.146. The highest BCUT2D eigenvalue weighted by molar-refractivity contribution is 5.83. The van der Waals surface area contributed by atoms with Gasteiger partial charge in [-0.2, -0.15) is 0 Å². The lowest BCUT2D eigenvalue weighted by Crippen LogP contribution is -2.61. The zero-order valence-corrected chi connectivity index (χ0v) is 10.1. The number of hydrogen-bond donors (Lipinski definition) is 1. The molecule has 0 aromatic rings. The summed E-state index contributed by atoms with van der Waals surface area (Å²) in [6.07, 6.45) is 0. The van der Waals surface area contributed by atoms with E-state index in [-0.39, 0.29) is 24.6 Å². The number of amides is 1. The molecular formula is C11H22N2O2. The van der Waals surface area contributed by atoms with Crippen LogP contribution in [-0.4, -0.2) is 59.6 Å². The van der Waals surface area contributed by atoms with Gasteiger partial charge in [0.05, 0.1) is 6.61 Å². The third-order valence-electron chi connectivity index (χ3n) is 2.92. The van der Waals surface area contributed by atoms with Crippen LogP contribution in [0.5, 0.6) is 0 Å². The highest BCUT2D eigenvalue weighted by atomic mass is 16.3. The molecule has 1 heterocycles. The molecule has 0 spiro atoms. The molecule has 0 aliphatic carbocycles. The third kappa shape index (κ3) is 2.69. The number of piperazine rings is 1. The molecule has 1 aliphatic rings. The monoisotopic (exact) mass is 214 g/mol. The van der Waals surface area contributed by atoms with Gasteiger partial charge in [-0.05, 0) is 19.9 Å². The number of hydrogen-bond acceptors (Lipinski definition) is 3. The maximum absolute atomic E-state index is 12.0. The first-order valence-corrected chi connectivity index (χ1v) is 5.59. The fraction of sp³-hybridized carbons (Fsp3) is 0.909. The Morgan fingerprint density at radius 1 is 1.53 bits per heavy atom. The molecule has 0 aromatic heterocycles. The van der Waals surface area contributed by atoms with Crippen molar-refractivity contribution >= 4 is 5.91 Å². The quantitative estimate of drug-likeness (QED) is 0.728. The molecule has 1 amide bonds. The minimum absolute atomic E-state index is 0.0625. The van der Waals surface area contributed by atoms with Crippen molar-refractivity contribution in [2.24, 2.45) is 5.92 Å². The van der Waals surface area contributed by atoms with Crippen LogP contribution < -0.4 is 0 Å². The molecule has 1 fully saturated rings. The normalized spacial score (nSPS) is 28.9. The molecule has 15 heavy (non-hydrogen) atoms. The minimum atomic E-state index is -0.347. The van der Waals surface area contributed by atoms with Gasteiger partial charge >= 0.3 is 0 Å². The van der Waals surface area contributed by atoms with Gasteiger partial charge in [0, 0.05) is 19.1 Å². The first-order valence-electron chi connectivity index (χ1n) is 5.59. The van der Waals surface area contributed by atoms with E-state index in [1.807, 2.05) is 16.8 Å². The molecule has 1 rings (SSSR count). The molecule has 1 saturated heterocycles. The van der Waals surface area contributed by atoms with E-state index in [2.05, 4.69) is 20.8 Å². The second kappa shape index (κ2) is 4.94. The van der Waals surface area contributed by atoms with E-state index in [1.165, 1.54) is 0 Å². The van der Waals surface area contributed by atoms with Crippen LogP contribution in [-0.2, 0) is 4.79 Å². The maximum Gasteiger partial charge on any atom is 0.242 e. The molecule has 0 bridgehead atoms. The van der Waals surface area contributed by atoms with E-state index in [0.717, 1.165) is 13.1 Å². The highest BCUT2D eigenvalue weighted by Crippen LogP contribution is 2.16. The summed E-state index contributed by atoms with van der Waals surface area (Å²) in [6, 6.07) is -0.104. The molecule has 0 radical (unpaired) electrons. The van der Waals surface area contributed by atoms with Gasteiger partial charge in [-0.25, -0.2) is 0 Å². The van der Waals surface area contributed by atoms with Crippen molar-refractivity contribution in [2.45, 2.75) is 32.9 Å². The second-order valence-electron chi connectivity index (χ2n) is 4.87. The highest BCUT2D eigenvalue weighted by Gasteiger charge is 2.36. The second-order valence-corrected chi connectivity index (χ2v) is 4.87. The zero-order valence-electron chi connectivity index (χ0n) is 10.1. The van der Waals surface area contributed by atoms with Crippen molar-refractivity contribution in [1.29, 1.82) is 0 Å². The summed E-state index contributed by atoms with van der Waals surface area (Å²) in [7, 11) is 1.89. The van der Waals surface area contributed by atoms with E-state index in [1.54, 1.807) is 0 Å². The van der Waals surface area contributed by atoms with Crippen molar-refractivity contribution in [2.75, 3.05) is 26.7 Å². The van der Waals surface area contributed by atoms with Crippen molar-refractivity contribution in [3.63, 3.8) is 0 Å². The first kappa shape index (κ1) is 12.5. The number of aliphatic hydroxyl groups is 1. The SMILES string of the molecule is CC(C)CN1C(=O)C(CO)N(C)CC1C. The largest absolute Gasteiger partial charge is 0.394 e. The molecule has 0 saturated carbocycles. The predicted octanol–water partition coefficient (Wildman–Crippen LogP) is 0.166. The summed E-state index contributed by atoms with van der Waals surface area (Å²) in [5.41, 5.74) is 0. The van der Waals surface area contributed by atoms with Crippen LogP contribution in [0, 0.1) is 5.92 Å². The van der Waals surface area contributed by atoms with Gasteiger partial charge < -0.3 is 10.0 Å². The molecule has 2 atom stereocenters. The smallest absolute Gasteiger partial charge is 0.242 e. The van der Waals surface area contributed by atoms with Crippen LogP contribution in [0.1, 0.15) is 20.8 Å². The van der Waals surface area contributed by atoms with Gasteiger partial charge in [0.1, 0.15) is 6.04 Å². The lowest BCUT2D eigenvalue weighted by Gasteiger charge is -2.43. The van der Waals surface area contributed by atoms with Gasteiger partial charge in [0.25, 0.3) is 0 Å². The van der Waals surface area contributed by atoms with Gasteiger partial charge in [-0.15, -0.1) is 0 Å². The standard InChI is InChI=1S/C11H22N2O2/c1-8(2)5-13-9(3)6-12(4)10(7-14)11(13)15/h8-10,14H,5-7H2,1-4H3. The van der Waals surface area contributed by atoms with Crippen LogP contribution in [0.25, 0.3) is 0 Å². The third-order valence-corrected chi connectivity index (χ3v) is 2.92. The van der Waals surface area contributed by atoms with Gasteiger partial charge in [0.2, 0.25) is 5.91 Å². The van der Waals surface area contributed by atoms with Crippen LogP contribution in [0.3, 0.4) is 0 Å².